The number of nitrogens with one attached hydrogen (secondary N) is 1. The second-order valence-electron chi connectivity index (χ2n) is 6.60. The topological polar surface area (TPSA) is 69.0 Å². The number of thiazole rings is 1. The summed E-state index contributed by atoms with van der Waals surface area (Å²) in [5.41, 5.74) is 2.50. The summed E-state index contributed by atoms with van der Waals surface area (Å²) < 4.78 is 7.33. The number of aryl methyl sites for hydroxylation is 2. The Hall–Kier alpha value is -2.41. The maximum absolute atomic E-state index is 11.9. The molecule has 3 aromatic heterocycles. The summed E-state index contributed by atoms with van der Waals surface area (Å²) in [6, 6.07) is 7.70. The maximum Gasteiger partial charge on any atom is 0.413 e. The van der Waals surface area contributed by atoms with E-state index in [0.717, 1.165) is 26.9 Å². The number of rotatable bonds is 2. The second-order valence-corrected chi connectivity index (χ2v) is 7.55. The Morgan fingerprint density at radius 2 is 1.79 bits per heavy atom. The number of amides is 1. The SMILES string of the molecule is Cc1ccc(C)n1-c1nc2ccc(NC(=O)OC(C)(C)C)nc2s1. The van der Waals surface area contributed by atoms with Gasteiger partial charge in [0.15, 0.2) is 5.13 Å². The monoisotopic (exact) mass is 344 g/mol. The van der Waals surface area contributed by atoms with Crippen molar-refractivity contribution in [2.75, 3.05) is 5.32 Å². The van der Waals surface area contributed by atoms with Gasteiger partial charge in [0.05, 0.1) is 0 Å². The largest absolute Gasteiger partial charge is 0.444 e. The molecule has 1 N–H and O–H groups in total. The third kappa shape index (κ3) is 3.41. The molecule has 126 valence electrons. The Bertz CT molecular complexity index is 886. The minimum absolute atomic E-state index is 0.452. The number of nitrogens with zero attached hydrogens (tertiary/aromatic N) is 3. The van der Waals surface area contributed by atoms with Gasteiger partial charge in [-0.15, -0.1) is 0 Å². The van der Waals surface area contributed by atoms with E-state index in [9.17, 15) is 4.79 Å². The molecule has 0 atom stereocenters. The highest BCUT2D eigenvalue weighted by Crippen LogP contribution is 2.27. The van der Waals surface area contributed by atoms with Crippen LogP contribution in [0.15, 0.2) is 24.3 Å². The molecule has 0 bridgehead atoms. The van der Waals surface area contributed by atoms with Crippen LogP contribution in [-0.4, -0.2) is 26.2 Å². The van der Waals surface area contributed by atoms with Crippen molar-refractivity contribution in [3.63, 3.8) is 0 Å². The van der Waals surface area contributed by atoms with Gasteiger partial charge in [0.25, 0.3) is 0 Å². The van der Waals surface area contributed by atoms with Gasteiger partial charge in [-0.25, -0.2) is 14.8 Å². The van der Waals surface area contributed by atoms with Crippen molar-refractivity contribution >= 4 is 33.6 Å². The lowest BCUT2D eigenvalue weighted by Crippen LogP contribution is -2.27. The number of pyridine rings is 1. The molecular formula is C17H20N4O2S. The molecule has 3 aromatic rings. The van der Waals surface area contributed by atoms with Crippen LogP contribution in [0.5, 0.6) is 0 Å². The van der Waals surface area contributed by atoms with Crippen molar-refractivity contribution in [3.05, 3.63) is 35.7 Å². The van der Waals surface area contributed by atoms with Crippen LogP contribution in [0.2, 0.25) is 0 Å². The van der Waals surface area contributed by atoms with Crippen LogP contribution in [0.4, 0.5) is 10.6 Å². The molecule has 7 heteroatoms. The van der Waals surface area contributed by atoms with Gasteiger partial charge in [-0.2, -0.15) is 0 Å². The summed E-state index contributed by atoms with van der Waals surface area (Å²) in [5, 5.41) is 3.52. The molecule has 0 aliphatic heterocycles. The van der Waals surface area contributed by atoms with Gasteiger partial charge in [0.1, 0.15) is 21.8 Å². The molecule has 24 heavy (non-hydrogen) atoms. The molecule has 0 aliphatic rings. The average molecular weight is 344 g/mol. The molecule has 0 spiro atoms. The Morgan fingerprint density at radius 3 is 2.42 bits per heavy atom. The molecule has 0 radical (unpaired) electrons. The lowest BCUT2D eigenvalue weighted by atomic mass is 10.2. The highest BCUT2D eigenvalue weighted by atomic mass is 32.1. The minimum Gasteiger partial charge on any atom is -0.444 e. The number of ether oxygens (including phenoxy) is 1. The lowest BCUT2D eigenvalue weighted by molar-refractivity contribution is 0.0635. The molecule has 0 unspecified atom stereocenters. The lowest BCUT2D eigenvalue weighted by Gasteiger charge is -2.19. The van der Waals surface area contributed by atoms with Gasteiger partial charge in [-0.1, -0.05) is 11.3 Å². The van der Waals surface area contributed by atoms with Gasteiger partial charge in [-0.3, -0.25) is 9.88 Å². The summed E-state index contributed by atoms with van der Waals surface area (Å²) in [7, 11) is 0. The normalized spacial score (nSPS) is 11.7. The van der Waals surface area contributed by atoms with Crippen molar-refractivity contribution in [1.29, 1.82) is 0 Å². The van der Waals surface area contributed by atoms with Crippen molar-refractivity contribution in [2.24, 2.45) is 0 Å². The molecule has 1 amide bonds. The molecule has 0 aromatic carbocycles. The first-order chi connectivity index (χ1) is 11.2. The summed E-state index contributed by atoms with van der Waals surface area (Å²) >= 11 is 1.49. The van der Waals surface area contributed by atoms with Crippen LogP contribution in [-0.2, 0) is 4.74 Å². The van der Waals surface area contributed by atoms with Crippen molar-refractivity contribution in [3.8, 4) is 5.13 Å². The fraction of sp³-hybridized carbons (Fsp3) is 0.353. The summed E-state index contributed by atoms with van der Waals surface area (Å²) in [5.74, 6) is 0.452. The molecule has 0 saturated carbocycles. The summed E-state index contributed by atoms with van der Waals surface area (Å²) in [6.07, 6.45) is -0.517. The van der Waals surface area contributed by atoms with E-state index in [2.05, 4.69) is 32.0 Å². The number of fused-ring (bicyclic) bond motifs is 1. The standard InChI is InChI=1S/C17H20N4O2S/c1-10-6-7-11(2)21(10)15-18-12-8-9-13(19-14(12)24-15)20-16(22)23-17(3,4)5/h6-9H,1-5H3,(H,19,20,22). The van der Waals surface area contributed by atoms with E-state index in [-0.39, 0.29) is 0 Å². The van der Waals surface area contributed by atoms with E-state index in [4.69, 9.17) is 4.74 Å². The molecular weight excluding hydrogens is 324 g/mol. The highest BCUT2D eigenvalue weighted by molar-refractivity contribution is 7.20. The second kappa shape index (κ2) is 5.90. The molecule has 3 heterocycles. The quantitative estimate of drug-likeness (QED) is 0.746. The van der Waals surface area contributed by atoms with Crippen LogP contribution in [0, 0.1) is 13.8 Å². The molecule has 0 aliphatic carbocycles. The number of hydrogen-bond acceptors (Lipinski definition) is 5. The Balaban J connectivity index is 1.88. The number of anilines is 1. The fourth-order valence-corrected chi connectivity index (χ4v) is 3.41. The Labute approximate surface area is 144 Å². The third-order valence-electron chi connectivity index (χ3n) is 3.34. The predicted octanol–water partition coefficient (Wildman–Crippen LogP) is 4.45. The molecule has 0 saturated heterocycles. The number of carbonyl (C=O) groups is 1. The fourth-order valence-electron chi connectivity index (χ4n) is 2.35. The average Bonchev–Trinajstić information content (AvgIpc) is 2.99. The minimum atomic E-state index is -0.546. The maximum atomic E-state index is 11.9. The van der Waals surface area contributed by atoms with Crippen LogP contribution in [0.1, 0.15) is 32.2 Å². The van der Waals surface area contributed by atoms with Gasteiger partial charge in [-0.05, 0) is 58.9 Å². The van der Waals surface area contributed by atoms with Gasteiger partial charge < -0.3 is 4.74 Å². The Morgan fingerprint density at radius 1 is 1.12 bits per heavy atom. The van der Waals surface area contributed by atoms with Crippen LogP contribution in [0.3, 0.4) is 0 Å². The van der Waals surface area contributed by atoms with Crippen molar-refractivity contribution in [1.82, 2.24) is 14.5 Å². The van der Waals surface area contributed by atoms with Crippen LogP contribution in [0.25, 0.3) is 15.5 Å². The van der Waals surface area contributed by atoms with Gasteiger partial charge in [0.2, 0.25) is 0 Å². The van der Waals surface area contributed by atoms with E-state index >= 15 is 0 Å². The summed E-state index contributed by atoms with van der Waals surface area (Å²) in [6.45, 7) is 9.55. The van der Waals surface area contributed by atoms with E-state index in [0.29, 0.717) is 5.82 Å². The van der Waals surface area contributed by atoms with Crippen LogP contribution >= 0.6 is 11.3 Å². The third-order valence-corrected chi connectivity index (χ3v) is 4.29. The van der Waals surface area contributed by atoms with E-state index < -0.39 is 11.7 Å². The van der Waals surface area contributed by atoms with Crippen molar-refractivity contribution < 1.29 is 9.53 Å². The van der Waals surface area contributed by atoms with Crippen molar-refractivity contribution in [2.45, 2.75) is 40.2 Å². The highest BCUT2D eigenvalue weighted by Gasteiger charge is 2.17. The Kier molecular flexibility index (Phi) is 4.04. The zero-order valence-corrected chi connectivity index (χ0v) is 15.2. The smallest absolute Gasteiger partial charge is 0.413 e. The molecule has 6 nitrogen and oxygen atoms in total. The first-order valence-electron chi connectivity index (χ1n) is 7.66. The summed E-state index contributed by atoms with van der Waals surface area (Å²) in [4.78, 5) is 21.7. The number of hydrogen-bond donors (Lipinski definition) is 1. The number of carbonyl (C=O) groups excluding carboxylic acids is 1. The van der Waals surface area contributed by atoms with E-state index in [1.807, 2.05) is 40.7 Å². The first-order valence-corrected chi connectivity index (χ1v) is 8.47. The van der Waals surface area contributed by atoms with Crippen LogP contribution < -0.4 is 5.32 Å². The first kappa shape index (κ1) is 16.4. The zero-order valence-electron chi connectivity index (χ0n) is 14.4. The zero-order chi connectivity index (χ0) is 17.5. The molecule has 0 fully saturated rings. The van der Waals surface area contributed by atoms with Gasteiger partial charge >= 0.3 is 6.09 Å². The molecule has 3 rings (SSSR count). The predicted molar refractivity (Wildman–Crippen MR) is 96.1 cm³/mol. The number of aromatic nitrogens is 3. The van der Waals surface area contributed by atoms with Gasteiger partial charge in [0, 0.05) is 11.4 Å². The van der Waals surface area contributed by atoms with E-state index in [1.54, 1.807) is 6.07 Å². The van der Waals surface area contributed by atoms with E-state index in [1.165, 1.54) is 11.3 Å².